The van der Waals surface area contributed by atoms with Crippen molar-refractivity contribution in [2.75, 3.05) is 54.0 Å². The lowest BCUT2D eigenvalue weighted by Gasteiger charge is -2.22. The first-order valence-electron chi connectivity index (χ1n) is 21.7. The lowest BCUT2D eigenvalue weighted by atomic mass is 10.1. The topological polar surface area (TPSA) is 273 Å². The molecule has 2 atom stereocenters. The Balaban J connectivity index is 1.42. The number of unbranched alkanes of at least 4 members (excludes halogenated alkanes) is 4. The van der Waals surface area contributed by atoms with E-state index in [-0.39, 0.29) is 41.6 Å². The molecule has 2 aromatic carbocycles. The number of carbonyl (C=O) groups is 4. The van der Waals surface area contributed by atoms with Crippen LogP contribution in [-0.4, -0.2) is 90.2 Å². The molecule has 11 N–H and O–H groups in total. The number of aromatic nitrogens is 2. The lowest BCUT2D eigenvalue weighted by molar-refractivity contribution is -0.138. The number of aliphatic imine (C=N–C) groups is 1. The molecule has 2 aliphatic rings. The Kier molecular flexibility index (Phi) is 18.2. The molecule has 0 radical (unpaired) electrons. The van der Waals surface area contributed by atoms with Crippen LogP contribution in [0, 0.1) is 5.41 Å². The monoisotopic (exact) mass is 948 g/mol. The summed E-state index contributed by atoms with van der Waals surface area (Å²) in [7, 11) is 0. The molecule has 364 valence electrons. The molecule has 1 aromatic heterocycles. The number of rotatable bonds is 22. The Morgan fingerprint density at radius 3 is 1.48 bits per heavy atom. The van der Waals surface area contributed by atoms with E-state index >= 15 is 0 Å². The summed E-state index contributed by atoms with van der Waals surface area (Å²) in [5.74, 6) is -3.68. The van der Waals surface area contributed by atoms with Crippen LogP contribution >= 0.6 is 0 Å². The summed E-state index contributed by atoms with van der Waals surface area (Å²) in [6.45, 7) is 3.62. The summed E-state index contributed by atoms with van der Waals surface area (Å²) in [4.78, 5) is 65.5. The summed E-state index contributed by atoms with van der Waals surface area (Å²) >= 11 is 0. The van der Waals surface area contributed by atoms with Gasteiger partial charge in [-0.15, -0.1) is 0 Å². The molecule has 2 fully saturated rings. The third kappa shape index (κ3) is 16.1. The number of amides is 4. The number of hydrogen-bond donors (Lipinski definition) is 9. The van der Waals surface area contributed by atoms with Crippen LogP contribution in [0.2, 0.25) is 0 Å². The van der Waals surface area contributed by atoms with Crippen molar-refractivity contribution >= 4 is 58.0 Å². The van der Waals surface area contributed by atoms with Crippen molar-refractivity contribution in [1.82, 2.24) is 20.6 Å². The van der Waals surface area contributed by atoms with Crippen LogP contribution in [0.5, 0.6) is 11.5 Å². The third-order valence-electron chi connectivity index (χ3n) is 10.4. The van der Waals surface area contributed by atoms with E-state index in [0.29, 0.717) is 121 Å². The SMILES string of the molecule is CC(N)=NCCCCC(=O)Nc1cc(C(F)(F)F)cc(NC(=O)c2cc(C(=O)Nc3cc(C(F)(F)F)cc(NC(=O)CCCCCCC(=N)N)c3OC3CCNC3)ncn2)c1OC1CCNC1. The van der Waals surface area contributed by atoms with Gasteiger partial charge >= 0.3 is 12.4 Å². The minimum absolute atomic E-state index is 0.0397. The molecule has 0 spiro atoms. The van der Waals surface area contributed by atoms with Crippen LogP contribution in [-0.2, 0) is 21.9 Å². The predicted octanol–water partition coefficient (Wildman–Crippen LogP) is 6.20. The smallest absolute Gasteiger partial charge is 0.416 e. The lowest BCUT2D eigenvalue weighted by Crippen LogP contribution is -2.24. The second kappa shape index (κ2) is 23.8. The highest BCUT2D eigenvalue weighted by Gasteiger charge is 2.36. The summed E-state index contributed by atoms with van der Waals surface area (Å²) in [5, 5.41) is 23.1. The number of nitrogens with one attached hydrogen (secondary N) is 7. The number of nitrogens with zero attached hydrogens (tertiary/aromatic N) is 3. The van der Waals surface area contributed by atoms with Gasteiger partial charge in [0.05, 0.1) is 45.5 Å². The van der Waals surface area contributed by atoms with E-state index in [1.54, 1.807) is 6.92 Å². The maximum absolute atomic E-state index is 14.3. The maximum Gasteiger partial charge on any atom is 0.416 e. The van der Waals surface area contributed by atoms with Gasteiger partial charge in [-0.1, -0.05) is 12.8 Å². The van der Waals surface area contributed by atoms with Crippen molar-refractivity contribution in [1.29, 1.82) is 5.41 Å². The molecule has 3 heterocycles. The normalized spacial score (nSPS) is 16.3. The van der Waals surface area contributed by atoms with Gasteiger partial charge in [-0.25, -0.2) is 9.97 Å². The molecule has 0 aliphatic carbocycles. The molecular weight excluding hydrogens is 895 g/mol. The minimum atomic E-state index is -4.95. The molecular formula is C43H54F6N12O6. The molecule has 5 rings (SSSR count). The number of ether oxygens (including phenoxy) is 2. The van der Waals surface area contributed by atoms with E-state index in [1.807, 2.05) is 0 Å². The molecule has 0 saturated carbocycles. The highest BCUT2D eigenvalue weighted by Crippen LogP contribution is 2.43. The summed E-state index contributed by atoms with van der Waals surface area (Å²) in [6, 6.07) is 3.49. The van der Waals surface area contributed by atoms with Crippen molar-refractivity contribution in [3.05, 3.63) is 59.2 Å². The first-order valence-corrected chi connectivity index (χ1v) is 21.7. The molecule has 67 heavy (non-hydrogen) atoms. The predicted molar refractivity (Wildman–Crippen MR) is 238 cm³/mol. The fourth-order valence-corrected chi connectivity index (χ4v) is 7.01. The zero-order valence-electron chi connectivity index (χ0n) is 36.6. The van der Waals surface area contributed by atoms with Crippen LogP contribution in [0.1, 0.15) is 110 Å². The van der Waals surface area contributed by atoms with Crippen LogP contribution in [0.4, 0.5) is 49.1 Å². The quantitative estimate of drug-likeness (QED) is 0.0236. The standard InChI is InChI=1S/C43H54F6N12O6/c1-24(50)55-13-7-6-10-37(63)59-30-17-26(43(47,48)49)19-32(39(30)67-28-12-15-54-22-28)61-41(65)34-20-33(56-23-57-34)40(64)60-31-18-25(42(44,45)46)16-29(38(31)66-27-11-14-53-21-27)58-36(62)9-5-3-2-4-8-35(51)52/h16-20,23,27-28,53-54H,2-15,21-22H2,1H3,(H2,50,55)(H3,51,52)(H,58,62)(H,59,63)(H,60,64)(H,61,65). The number of amidine groups is 2. The number of alkyl halides is 6. The molecule has 0 bridgehead atoms. The fourth-order valence-electron chi connectivity index (χ4n) is 7.01. The minimum Gasteiger partial charge on any atom is -0.485 e. The van der Waals surface area contributed by atoms with E-state index in [0.717, 1.165) is 12.4 Å². The zero-order valence-corrected chi connectivity index (χ0v) is 36.6. The Morgan fingerprint density at radius 2 is 1.09 bits per heavy atom. The first kappa shape index (κ1) is 51.4. The van der Waals surface area contributed by atoms with Crippen molar-refractivity contribution < 1.29 is 55.0 Å². The van der Waals surface area contributed by atoms with Gasteiger partial charge in [0.2, 0.25) is 11.8 Å². The molecule has 2 aliphatic heterocycles. The van der Waals surface area contributed by atoms with Crippen LogP contribution < -0.4 is 52.8 Å². The molecule has 2 saturated heterocycles. The number of anilines is 4. The fraction of sp³-hybridized carbons (Fsp3) is 0.488. The highest BCUT2D eigenvalue weighted by atomic mass is 19.4. The van der Waals surface area contributed by atoms with Crippen LogP contribution in [0.15, 0.2) is 41.7 Å². The van der Waals surface area contributed by atoms with E-state index < -0.39 is 82.1 Å². The summed E-state index contributed by atoms with van der Waals surface area (Å²) < 4.78 is 98.1. The third-order valence-corrected chi connectivity index (χ3v) is 10.4. The molecule has 18 nitrogen and oxygen atoms in total. The Labute approximate surface area is 381 Å². The largest absolute Gasteiger partial charge is 0.485 e. The van der Waals surface area contributed by atoms with Gasteiger partial charge in [0.25, 0.3) is 11.8 Å². The first-order chi connectivity index (χ1) is 31.8. The Bertz CT molecular complexity index is 2280. The van der Waals surface area contributed by atoms with Crippen LogP contribution in [0.3, 0.4) is 0 Å². The van der Waals surface area contributed by atoms with Gasteiger partial charge in [0, 0.05) is 45.0 Å². The molecule has 4 amide bonds. The Morgan fingerprint density at radius 1 is 0.672 bits per heavy atom. The number of halogens is 6. The van der Waals surface area contributed by atoms with Gasteiger partial charge in [-0.3, -0.25) is 29.6 Å². The van der Waals surface area contributed by atoms with Gasteiger partial charge in [-0.2, -0.15) is 26.3 Å². The second-order valence-electron chi connectivity index (χ2n) is 16.0. The van der Waals surface area contributed by atoms with E-state index in [1.165, 1.54) is 0 Å². The van der Waals surface area contributed by atoms with Crippen molar-refractivity contribution in [3.8, 4) is 11.5 Å². The van der Waals surface area contributed by atoms with Crippen LogP contribution in [0.25, 0.3) is 0 Å². The van der Waals surface area contributed by atoms with E-state index in [2.05, 4.69) is 46.9 Å². The second-order valence-corrected chi connectivity index (χ2v) is 16.0. The summed E-state index contributed by atoms with van der Waals surface area (Å²) in [6.07, 6.45) is -5.97. The highest BCUT2D eigenvalue weighted by molar-refractivity contribution is 6.09. The Hall–Kier alpha value is -6.56. The van der Waals surface area contributed by atoms with Gasteiger partial charge in [0.15, 0.2) is 11.5 Å². The maximum atomic E-state index is 14.3. The number of carbonyl (C=O) groups excluding carboxylic acids is 4. The zero-order chi connectivity index (χ0) is 48.7. The molecule has 24 heteroatoms. The van der Waals surface area contributed by atoms with Gasteiger partial charge < -0.3 is 52.8 Å². The van der Waals surface area contributed by atoms with Crippen molar-refractivity contribution in [2.24, 2.45) is 16.5 Å². The average molecular weight is 949 g/mol. The van der Waals surface area contributed by atoms with Gasteiger partial charge in [-0.05, 0) is 82.8 Å². The molecule has 2 unspecified atom stereocenters. The molecule has 3 aromatic rings. The van der Waals surface area contributed by atoms with Crippen molar-refractivity contribution in [2.45, 2.75) is 102 Å². The summed E-state index contributed by atoms with van der Waals surface area (Å²) in [5.41, 5.74) is 5.64. The number of benzene rings is 2. The average Bonchev–Trinajstić information content (AvgIpc) is 3.98. The number of hydrogen-bond acceptors (Lipinski definition) is 12. The van der Waals surface area contributed by atoms with Crippen molar-refractivity contribution in [3.63, 3.8) is 0 Å². The van der Waals surface area contributed by atoms with Gasteiger partial charge in [0.1, 0.15) is 29.9 Å². The van der Waals surface area contributed by atoms with E-state index in [4.69, 9.17) is 26.4 Å². The number of nitrogens with two attached hydrogens (primary N) is 2. The van der Waals surface area contributed by atoms with E-state index in [9.17, 15) is 45.5 Å².